The van der Waals surface area contributed by atoms with Crippen LogP contribution >= 0.6 is 0 Å². The highest BCUT2D eigenvalue weighted by atomic mass is 19.4. The third-order valence-corrected chi connectivity index (χ3v) is 6.62. The molecule has 0 radical (unpaired) electrons. The molecular formula is C23H19F3N6O2. The number of hydrogen-bond donors (Lipinski definition) is 1. The van der Waals surface area contributed by atoms with Gasteiger partial charge in [0.1, 0.15) is 23.4 Å². The van der Waals surface area contributed by atoms with Crippen LogP contribution in [-0.4, -0.2) is 43.2 Å². The van der Waals surface area contributed by atoms with Gasteiger partial charge in [0.05, 0.1) is 40.4 Å². The number of carbonyl (C=O) groups is 1. The second-order valence-corrected chi connectivity index (χ2v) is 8.64. The van der Waals surface area contributed by atoms with Gasteiger partial charge >= 0.3 is 6.18 Å². The Morgan fingerprint density at radius 1 is 1.21 bits per heavy atom. The molecule has 5 heterocycles. The van der Waals surface area contributed by atoms with Gasteiger partial charge in [-0.1, -0.05) is 6.07 Å². The van der Waals surface area contributed by atoms with Crippen LogP contribution in [0.1, 0.15) is 40.5 Å². The number of benzene rings is 1. The number of fused-ring (bicyclic) bond motifs is 7. The number of aryl methyl sites for hydroxylation is 1. The maximum atomic E-state index is 13.6. The lowest BCUT2D eigenvalue weighted by molar-refractivity contribution is -0.137. The first-order chi connectivity index (χ1) is 16.2. The molecule has 34 heavy (non-hydrogen) atoms. The van der Waals surface area contributed by atoms with E-state index in [1.807, 2.05) is 0 Å². The molecule has 4 aromatic rings. The average Bonchev–Trinajstić information content (AvgIpc) is 3.20. The Kier molecular flexibility index (Phi) is 4.29. The van der Waals surface area contributed by atoms with Gasteiger partial charge in [-0.2, -0.15) is 18.3 Å². The maximum absolute atomic E-state index is 13.6. The van der Waals surface area contributed by atoms with E-state index in [-0.39, 0.29) is 23.5 Å². The van der Waals surface area contributed by atoms with Crippen LogP contribution < -0.4 is 10.5 Å². The molecule has 0 spiro atoms. The highest BCUT2D eigenvalue weighted by molar-refractivity contribution is 6.09. The van der Waals surface area contributed by atoms with Crippen molar-refractivity contribution >= 4 is 33.5 Å². The number of amides is 1. The minimum absolute atomic E-state index is 0.177. The minimum Gasteiger partial charge on any atom is -0.490 e. The zero-order valence-electron chi connectivity index (χ0n) is 18.0. The SMILES string of the molecule is Cn1ncc2c(N)nc3cnc(C(=O)N4CC[C@H]5C[C@@H]4c4ccc(C(F)(F)F)cc4O5)cc3c21. The molecule has 2 atom stereocenters. The lowest BCUT2D eigenvalue weighted by Crippen LogP contribution is -2.46. The summed E-state index contributed by atoms with van der Waals surface area (Å²) in [6.45, 7) is 0.412. The fourth-order valence-electron chi connectivity index (χ4n) is 4.97. The van der Waals surface area contributed by atoms with Crippen molar-refractivity contribution in [3.05, 3.63) is 53.5 Å². The molecule has 1 amide bonds. The van der Waals surface area contributed by atoms with Gasteiger partial charge in [0, 0.05) is 37.4 Å². The molecule has 1 fully saturated rings. The molecule has 0 saturated carbocycles. The Morgan fingerprint density at radius 3 is 2.82 bits per heavy atom. The van der Waals surface area contributed by atoms with Crippen LogP contribution in [0.15, 0.2) is 36.7 Å². The quantitative estimate of drug-likeness (QED) is 0.456. The lowest BCUT2D eigenvalue weighted by Gasteiger charge is -2.44. The van der Waals surface area contributed by atoms with Crippen molar-refractivity contribution in [2.45, 2.75) is 31.2 Å². The van der Waals surface area contributed by atoms with Gasteiger partial charge < -0.3 is 15.4 Å². The van der Waals surface area contributed by atoms with Crippen LogP contribution in [0.4, 0.5) is 19.0 Å². The number of pyridine rings is 2. The standard InChI is InChI=1S/C23H19F3N6O2/c1-31-20-14-8-16(28-10-17(14)30-21(27)15(20)9-29-31)22(33)32-5-4-12-7-18(32)13-3-2-11(23(24,25)26)6-19(13)34-12/h2-3,6,8-10,12,18H,4-5,7H2,1H3,(H2,27,30)/t12-,18+/m0/s1. The van der Waals surface area contributed by atoms with Gasteiger partial charge in [-0.25, -0.2) is 9.97 Å². The first-order valence-corrected chi connectivity index (χ1v) is 10.8. The normalized spacial score (nSPS) is 19.8. The fraction of sp³-hybridized carbons (Fsp3) is 0.304. The maximum Gasteiger partial charge on any atom is 0.416 e. The highest BCUT2D eigenvalue weighted by Gasteiger charge is 2.41. The van der Waals surface area contributed by atoms with E-state index in [2.05, 4.69) is 15.1 Å². The lowest BCUT2D eigenvalue weighted by atomic mass is 9.89. The van der Waals surface area contributed by atoms with Gasteiger partial charge in [0.15, 0.2) is 0 Å². The second kappa shape index (κ2) is 7.05. The summed E-state index contributed by atoms with van der Waals surface area (Å²) in [6.07, 6.45) is -0.541. The third kappa shape index (κ3) is 3.06. The van der Waals surface area contributed by atoms with Crippen LogP contribution in [0.5, 0.6) is 5.75 Å². The number of ether oxygens (including phenoxy) is 1. The molecule has 1 aromatic carbocycles. The molecule has 0 aliphatic carbocycles. The van der Waals surface area contributed by atoms with Crippen LogP contribution in [-0.2, 0) is 13.2 Å². The topological polar surface area (TPSA) is 99.2 Å². The van der Waals surface area contributed by atoms with Gasteiger partial charge in [0.2, 0.25) is 0 Å². The molecule has 3 aromatic heterocycles. The van der Waals surface area contributed by atoms with E-state index in [1.165, 1.54) is 12.3 Å². The van der Waals surface area contributed by atoms with E-state index >= 15 is 0 Å². The van der Waals surface area contributed by atoms with Crippen molar-refractivity contribution in [1.29, 1.82) is 0 Å². The summed E-state index contributed by atoms with van der Waals surface area (Å²) in [4.78, 5) is 24.0. The number of aromatic nitrogens is 4. The van der Waals surface area contributed by atoms with Crippen molar-refractivity contribution in [2.75, 3.05) is 12.3 Å². The van der Waals surface area contributed by atoms with Crippen molar-refractivity contribution in [3.8, 4) is 5.75 Å². The molecule has 6 rings (SSSR count). The zero-order chi connectivity index (χ0) is 23.8. The number of carbonyl (C=O) groups excluding carboxylic acids is 1. The van der Waals surface area contributed by atoms with E-state index in [1.54, 1.807) is 28.9 Å². The number of nitrogens with zero attached hydrogens (tertiary/aromatic N) is 5. The molecule has 174 valence electrons. The summed E-state index contributed by atoms with van der Waals surface area (Å²) in [5.74, 6) is 0.206. The first-order valence-electron chi connectivity index (χ1n) is 10.8. The van der Waals surface area contributed by atoms with Crippen LogP contribution in [0.2, 0.25) is 0 Å². The van der Waals surface area contributed by atoms with Crippen molar-refractivity contribution in [3.63, 3.8) is 0 Å². The first kappa shape index (κ1) is 20.7. The number of anilines is 1. The fourth-order valence-corrected chi connectivity index (χ4v) is 4.97. The predicted octanol–water partition coefficient (Wildman–Crippen LogP) is 3.86. The number of nitrogen functional groups attached to an aromatic ring is 1. The number of alkyl halides is 3. The largest absolute Gasteiger partial charge is 0.490 e. The van der Waals surface area contributed by atoms with Crippen LogP contribution in [0.3, 0.4) is 0 Å². The zero-order valence-corrected chi connectivity index (χ0v) is 18.0. The van der Waals surface area contributed by atoms with Gasteiger partial charge in [-0.3, -0.25) is 9.48 Å². The Labute approximate surface area is 191 Å². The van der Waals surface area contributed by atoms with E-state index in [0.29, 0.717) is 47.1 Å². The van der Waals surface area contributed by atoms with Gasteiger partial charge in [0.25, 0.3) is 5.91 Å². The van der Waals surface area contributed by atoms with Crippen molar-refractivity contribution in [1.82, 2.24) is 24.6 Å². The number of halogens is 3. The van der Waals surface area contributed by atoms with Crippen molar-refractivity contribution < 1.29 is 22.7 Å². The Morgan fingerprint density at radius 2 is 2.03 bits per heavy atom. The molecule has 2 aliphatic rings. The number of hydrogen-bond acceptors (Lipinski definition) is 6. The number of rotatable bonds is 1. The number of piperidine rings is 1. The molecule has 8 nitrogen and oxygen atoms in total. The molecular weight excluding hydrogens is 449 g/mol. The van der Waals surface area contributed by atoms with Crippen LogP contribution in [0, 0.1) is 0 Å². The third-order valence-electron chi connectivity index (χ3n) is 6.62. The molecule has 0 unspecified atom stereocenters. The minimum atomic E-state index is -4.47. The Bertz CT molecular complexity index is 1480. The molecule has 2 bridgehead atoms. The summed E-state index contributed by atoms with van der Waals surface area (Å²) in [6, 6.07) is 4.74. The summed E-state index contributed by atoms with van der Waals surface area (Å²) in [5.41, 5.74) is 7.35. The smallest absolute Gasteiger partial charge is 0.416 e. The highest BCUT2D eigenvalue weighted by Crippen LogP contribution is 2.45. The van der Waals surface area contributed by atoms with E-state index < -0.39 is 17.8 Å². The van der Waals surface area contributed by atoms with E-state index in [9.17, 15) is 18.0 Å². The summed E-state index contributed by atoms with van der Waals surface area (Å²) < 4.78 is 47.1. The van der Waals surface area contributed by atoms with Gasteiger partial charge in [-0.05, 0) is 18.2 Å². The monoisotopic (exact) mass is 468 g/mol. The van der Waals surface area contributed by atoms with Gasteiger partial charge in [-0.15, -0.1) is 0 Å². The summed E-state index contributed by atoms with van der Waals surface area (Å²) in [7, 11) is 1.78. The molecule has 1 saturated heterocycles. The number of likely N-dealkylation sites (tertiary alicyclic amines) is 1. The average molecular weight is 468 g/mol. The molecule has 2 N–H and O–H groups in total. The van der Waals surface area contributed by atoms with Crippen LogP contribution in [0.25, 0.3) is 21.8 Å². The number of nitrogens with two attached hydrogens (primary N) is 1. The van der Waals surface area contributed by atoms with E-state index in [0.717, 1.165) is 17.6 Å². The predicted molar refractivity (Wildman–Crippen MR) is 117 cm³/mol. The summed E-state index contributed by atoms with van der Waals surface area (Å²) in [5, 5.41) is 5.62. The molecule has 11 heteroatoms. The van der Waals surface area contributed by atoms with Crippen molar-refractivity contribution in [2.24, 2.45) is 7.05 Å². The Balaban J connectivity index is 1.41. The summed E-state index contributed by atoms with van der Waals surface area (Å²) >= 11 is 0. The second-order valence-electron chi connectivity index (χ2n) is 8.64. The molecule has 2 aliphatic heterocycles. The Hall–Kier alpha value is -3.89. The van der Waals surface area contributed by atoms with E-state index in [4.69, 9.17) is 10.5 Å².